The molecule has 15 heteroatoms. The highest BCUT2D eigenvalue weighted by Gasteiger charge is 2.41. The van der Waals surface area contributed by atoms with E-state index in [1.54, 1.807) is 16.8 Å². The second kappa shape index (κ2) is 11.8. The fourth-order valence-electron chi connectivity index (χ4n) is 6.34. The maximum atomic E-state index is 13.6. The molecule has 1 aliphatic carbocycles. The first kappa shape index (κ1) is 28.7. The van der Waals surface area contributed by atoms with E-state index in [1.807, 2.05) is 13.0 Å². The van der Waals surface area contributed by atoms with Gasteiger partial charge in [0.25, 0.3) is 5.91 Å². The first-order valence-electron chi connectivity index (χ1n) is 14.9. The van der Waals surface area contributed by atoms with Crippen LogP contribution in [0.4, 0.5) is 11.5 Å². The smallest absolute Gasteiger partial charge is 0.316 e. The van der Waals surface area contributed by atoms with Crippen molar-refractivity contribution in [1.82, 2.24) is 34.9 Å². The number of carbonyl (C=O) groups is 1. The molecule has 0 aromatic carbocycles. The minimum Gasteiger partial charge on any atom is -0.473 e. The molecule has 3 aliphatic rings. The summed E-state index contributed by atoms with van der Waals surface area (Å²) in [5, 5.41) is 8.50. The lowest BCUT2D eigenvalue weighted by atomic mass is 9.92. The largest absolute Gasteiger partial charge is 0.473 e. The standard InChI is InChI=1S/C29H35N9O5S/c1-17-34-27(43-19-5-8-29(9-6-19)41-12-13-42-29)24(44-17)26(39)35-18-4-3-11-37(15-18)22-14-21(20-7-10-31-28(36-20)40-2)38-23(22)25(30)32-16-33-38/h7,10,14,16,18-19H,3-6,8-9,11-13,15H2,1-2H3,(H,35,39)(H2,30,32,33)/t18-/m1/s1. The molecule has 4 aromatic heterocycles. The van der Waals surface area contributed by atoms with Gasteiger partial charge in [0.2, 0.25) is 5.88 Å². The van der Waals surface area contributed by atoms with Gasteiger partial charge in [-0.05, 0) is 44.7 Å². The number of rotatable bonds is 7. The van der Waals surface area contributed by atoms with E-state index < -0.39 is 5.79 Å². The number of piperidine rings is 1. The van der Waals surface area contributed by atoms with Crippen LogP contribution in [0.2, 0.25) is 0 Å². The fraction of sp³-hybridized carbons (Fsp3) is 0.517. The first-order chi connectivity index (χ1) is 21.4. The number of nitrogen functional groups attached to an aromatic ring is 1. The molecule has 6 heterocycles. The molecule has 1 spiro atoms. The summed E-state index contributed by atoms with van der Waals surface area (Å²) in [4.78, 5) is 33.8. The van der Waals surface area contributed by atoms with Crippen LogP contribution in [0.15, 0.2) is 24.7 Å². The maximum Gasteiger partial charge on any atom is 0.316 e. The van der Waals surface area contributed by atoms with Crippen LogP contribution < -0.4 is 25.4 Å². The molecule has 0 unspecified atom stereocenters. The van der Waals surface area contributed by atoms with E-state index in [4.69, 9.17) is 24.7 Å². The summed E-state index contributed by atoms with van der Waals surface area (Å²) < 4.78 is 25.0. The monoisotopic (exact) mass is 621 g/mol. The van der Waals surface area contributed by atoms with Crippen molar-refractivity contribution in [2.24, 2.45) is 0 Å². The van der Waals surface area contributed by atoms with Crippen molar-refractivity contribution < 1.29 is 23.7 Å². The number of anilines is 2. The molecule has 44 heavy (non-hydrogen) atoms. The highest BCUT2D eigenvalue weighted by molar-refractivity contribution is 7.13. The molecular formula is C29H35N9O5S. The van der Waals surface area contributed by atoms with Crippen molar-refractivity contribution in [1.29, 1.82) is 0 Å². The molecule has 1 amide bonds. The molecule has 2 aliphatic heterocycles. The zero-order valence-electron chi connectivity index (χ0n) is 24.7. The van der Waals surface area contributed by atoms with Crippen LogP contribution in [-0.2, 0) is 9.47 Å². The number of aromatic nitrogens is 6. The lowest BCUT2D eigenvalue weighted by Crippen LogP contribution is -2.47. The number of nitrogens with two attached hydrogens (primary N) is 1. The zero-order chi connectivity index (χ0) is 30.3. The normalized spacial score (nSPS) is 20.3. The van der Waals surface area contributed by atoms with Gasteiger partial charge in [-0.2, -0.15) is 10.1 Å². The Kier molecular flexibility index (Phi) is 7.68. The Morgan fingerprint density at radius 1 is 1.18 bits per heavy atom. The third-order valence-electron chi connectivity index (χ3n) is 8.43. The molecule has 0 radical (unpaired) electrons. The summed E-state index contributed by atoms with van der Waals surface area (Å²) in [7, 11) is 1.53. The van der Waals surface area contributed by atoms with E-state index in [0.29, 0.717) is 47.5 Å². The predicted octanol–water partition coefficient (Wildman–Crippen LogP) is 3.01. The second-order valence-corrected chi connectivity index (χ2v) is 12.5. The number of nitrogens with one attached hydrogen (secondary N) is 1. The third-order valence-corrected chi connectivity index (χ3v) is 9.38. The van der Waals surface area contributed by atoms with Crippen molar-refractivity contribution in [3.05, 3.63) is 34.5 Å². The number of aryl methyl sites for hydroxylation is 1. The molecule has 3 N–H and O–H groups in total. The van der Waals surface area contributed by atoms with E-state index in [1.165, 1.54) is 24.8 Å². The Morgan fingerprint density at radius 2 is 2.00 bits per heavy atom. The van der Waals surface area contributed by atoms with Crippen molar-refractivity contribution in [3.8, 4) is 23.3 Å². The minimum atomic E-state index is -0.463. The van der Waals surface area contributed by atoms with E-state index >= 15 is 0 Å². The summed E-state index contributed by atoms with van der Waals surface area (Å²) in [5.41, 5.74) is 9.30. The van der Waals surface area contributed by atoms with Crippen molar-refractivity contribution >= 4 is 34.3 Å². The molecule has 1 atom stereocenters. The lowest BCUT2D eigenvalue weighted by Gasteiger charge is -2.35. The average Bonchev–Trinajstić information content (AvgIpc) is 3.76. The minimum absolute atomic E-state index is 0.0357. The Morgan fingerprint density at radius 3 is 2.80 bits per heavy atom. The molecule has 2 saturated heterocycles. The van der Waals surface area contributed by atoms with Crippen LogP contribution in [0, 0.1) is 6.92 Å². The summed E-state index contributed by atoms with van der Waals surface area (Å²) in [6.07, 6.45) is 7.88. The Balaban J connectivity index is 1.07. The van der Waals surface area contributed by atoms with Gasteiger partial charge < -0.3 is 34.9 Å². The van der Waals surface area contributed by atoms with Gasteiger partial charge in [-0.25, -0.2) is 19.5 Å². The van der Waals surface area contributed by atoms with Gasteiger partial charge in [0.05, 0.1) is 42.4 Å². The van der Waals surface area contributed by atoms with Crippen LogP contribution >= 0.6 is 11.3 Å². The Hall–Kier alpha value is -4.08. The predicted molar refractivity (Wildman–Crippen MR) is 162 cm³/mol. The quantitative estimate of drug-likeness (QED) is 0.310. The van der Waals surface area contributed by atoms with Crippen molar-refractivity contribution in [2.45, 2.75) is 63.4 Å². The molecular weight excluding hydrogens is 586 g/mol. The number of ether oxygens (including phenoxy) is 4. The number of hydrogen-bond acceptors (Lipinski definition) is 13. The Labute approximate surface area is 257 Å². The van der Waals surface area contributed by atoms with E-state index in [2.05, 4.69) is 35.3 Å². The summed E-state index contributed by atoms with van der Waals surface area (Å²) in [5.74, 6) is 0.121. The molecule has 14 nitrogen and oxygen atoms in total. The van der Waals surface area contributed by atoms with Gasteiger partial charge in [0, 0.05) is 38.2 Å². The van der Waals surface area contributed by atoms with Crippen LogP contribution in [0.5, 0.6) is 11.9 Å². The van der Waals surface area contributed by atoms with Gasteiger partial charge in [-0.3, -0.25) is 4.79 Å². The first-order valence-corrected chi connectivity index (χ1v) is 15.7. The molecule has 4 aromatic rings. The van der Waals surface area contributed by atoms with Gasteiger partial charge in [-0.15, -0.1) is 11.3 Å². The van der Waals surface area contributed by atoms with Gasteiger partial charge in [0.1, 0.15) is 17.9 Å². The number of carbonyl (C=O) groups excluding carboxylic acids is 1. The highest BCUT2D eigenvalue weighted by atomic mass is 32.1. The number of nitrogens with zero attached hydrogens (tertiary/aromatic N) is 7. The average molecular weight is 622 g/mol. The number of amides is 1. The van der Waals surface area contributed by atoms with Gasteiger partial charge in [0.15, 0.2) is 16.5 Å². The number of methoxy groups -OCH3 is 1. The van der Waals surface area contributed by atoms with E-state index in [-0.39, 0.29) is 24.1 Å². The van der Waals surface area contributed by atoms with Crippen LogP contribution in [0.3, 0.4) is 0 Å². The number of thiazole rings is 1. The second-order valence-electron chi connectivity index (χ2n) is 11.3. The molecule has 7 rings (SSSR count). The molecule has 232 valence electrons. The number of fused-ring (bicyclic) bond motifs is 1. The Bertz CT molecular complexity index is 1660. The topological polar surface area (TPSA) is 164 Å². The summed E-state index contributed by atoms with van der Waals surface area (Å²) in [6.45, 7) is 4.55. The SMILES string of the molecule is COc1nccc(-c2cc(N3CCC[C@@H](NC(=O)c4sc(C)nc4OC4CCC5(CC4)OCCO5)C3)c3c(N)ncnn23)n1. The zero-order valence-corrected chi connectivity index (χ0v) is 25.5. The fourth-order valence-corrected chi connectivity index (χ4v) is 7.10. The lowest BCUT2D eigenvalue weighted by molar-refractivity contribution is -0.186. The molecule has 0 bridgehead atoms. The van der Waals surface area contributed by atoms with Crippen LogP contribution in [0.1, 0.15) is 53.2 Å². The summed E-state index contributed by atoms with van der Waals surface area (Å²) in [6, 6.07) is 3.96. The maximum absolute atomic E-state index is 13.6. The molecule has 1 saturated carbocycles. The van der Waals surface area contributed by atoms with Crippen LogP contribution in [-0.4, -0.2) is 86.8 Å². The highest BCUT2D eigenvalue weighted by Crippen LogP contribution is 2.38. The van der Waals surface area contributed by atoms with Crippen molar-refractivity contribution in [3.63, 3.8) is 0 Å². The number of hydrogen-bond donors (Lipinski definition) is 2. The van der Waals surface area contributed by atoms with E-state index in [9.17, 15) is 4.79 Å². The third kappa shape index (κ3) is 5.50. The van der Waals surface area contributed by atoms with Crippen LogP contribution in [0.25, 0.3) is 16.9 Å². The van der Waals surface area contributed by atoms with E-state index in [0.717, 1.165) is 61.5 Å². The van der Waals surface area contributed by atoms with Gasteiger partial charge in [-0.1, -0.05) is 0 Å². The van der Waals surface area contributed by atoms with Crippen molar-refractivity contribution in [2.75, 3.05) is 44.0 Å². The molecule has 3 fully saturated rings. The summed E-state index contributed by atoms with van der Waals surface area (Å²) >= 11 is 1.35. The van der Waals surface area contributed by atoms with Gasteiger partial charge >= 0.3 is 6.01 Å².